The molecule has 2 amide bonds. The van der Waals surface area contributed by atoms with E-state index in [1.54, 1.807) is 12.0 Å². The highest BCUT2D eigenvalue weighted by molar-refractivity contribution is 5.87. The summed E-state index contributed by atoms with van der Waals surface area (Å²) in [5.41, 5.74) is 1.94. The molecule has 0 unspecified atom stereocenters. The number of rotatable bonds is 10. The van der Waals surface area contributed by atoms with Crippen LogP contribution < -0.4 is 19.5 Å². The zero-order chi connectivity index (χ0) is 22.9. The summed E-state index contributed by atoms with van der Waals surface area (Å²) in [6.07, 6.45) is 1.39. The maximum atomic E-state index is 13.3. The van der Waals surface area contributed by atoms with Crippen molar-refractivity contribution < 1.29 is 23.8 Å². The van der Waals surface area contributed by atoms with Crippen LogP contribution in [0.1, 0.15) is 37.8 Å². The van der Waals surface area contributed by atoms with Gasteiger partial charge in [-0.05, 0) is 55.2 Å². The van der Waals surface area contributed by atoms with Gasteiger partial charge in [0.25, 0.3) is 0 Å². The lowest BCUT2D eigenvalue weighted by molar-refractivity contribution is -0.141. The number of methoxy groups -OCH3 is 1. The Morgan fingerprint density at radius 2 is 1.72 bits per heavy atom. The van der Waals surface area contributed by atoms with Crippen molar-refractivity contribution in [3.8, 4) is 17.2 Å². The Labute approximate surface area is 189 Å². The first-order valence-corrected chi connectivity index (χ1v) is 11.1. The number of hydrogen-bond donors (Lipinski definition) is 1. The molecular formula is C25H32N2O5. The number of ether oxygens (including phenoxy) is 3. The fraction of sp³-hybridized carbons (Fsp3) is 0.440. The summed E-state index contributed by atoms with van der Waals surface area (Å²) in [6.45, 7) is 5.76. The molecule has 2 aromatic rings. The summed E-state index contributed by atoms with van der Waals surface area (Å²) in [7, 11) is 1.62. The number of amides is 2. The minimum absolute atomic E-state index is 0.0613. The second kappa shape index (κ2) is 11.4. The molecule has 172 valence electrons. The van der Waals surface area contributed by atoms with Gasteiger partial charge in [-0.3, -0.25) is 9.59 Å². The predicted octanol–water partition coefficient (Wildman–Crippen LogP) is 3.34. The first-order valence-electron chi connectivity index (χ1n) is 11.1. The Morgan fingerprint density at radius 3 is 2.38 bits per heavy atom. The topological polar surface area (TPSA) is 77.1 Å². The number of nitrogens with zero attached hydrogens (tertiary/aromatic N) is 1. The zero-order valence-electron chi connectivity index (χ0n) is 19.1. The molecule has 1 atom stereocenters. The van der Waals surface area contributed by atoms with Gasteiger partial charge < -0.3 is 24.4 Å². The fourth-order valence-corrected chi connectivity index (χ4v) is 3.78. The summed E-state index contributed by atoms with van der Waals surface area (Å²) >= 11 is 0. The summed E-state index contributed by atoms with van der Waals surface area (Å²) in [4.78, 5) is 27.7. The Kier molecular flexibility index (Phi) is 8.36. The third-order valence-electron chi connectivity index (χ3n) is 5.48. The van der Waals surface area contributed by atoms with Crippen LogP contribution in [0.2, 0.25) is 0 Å². The number of carbonyl (C=O) groups is 2. The molecule has 0 saturated carbocycles. The number of likely N-dealkylation sites (N-methyl/N-ethyl adjacent to an activating group) is 1. The summed E-state index contributed by atoms with van der Waals surface area (Å²) in [5.74, 6) is 2.01. The smallest absolute Gasteiger partial charge is 0.242 e. The highest BCUT2D eigenvalue weighted by atomic mass is 16.6. The molecular weight excluding hydrogens is 408 g/mol. The number of nitrogens with one attached hydrogen (secondary N) is 1. The van der Waals surface area contributed by atoms with E-state index in [-0.39, 0.29) is 11.8 Å². The van der Waals surface area contributed by atoms with E-state index in [0.717, 1.165) is 22.6 Å². The van der Waals surface area contributed by atoms with Gasteiger partial charge in [0.1, 0.15) is 25.0 Å². The zero-order valence-corrected chi connectivity index (χ0v) is 19.1. The standard InChI is InChI=1S/C25H32N2O5/c1-4-21(25(29)26-5-2)27(17-19-6-10-20(30-3)11-7-19)24(28)13-9-18-8-12-22-23(16-18)32-15-14-31-22/h6-8,10-12,16,21H,4-5,9,13-15,17H2,1-3H3,(H,26,29)/t21-/m1/s1. The van der Waals surface area contributed by atoms with Gasteiger partial charge in [0.15, 0.2) is 11.5 Å². The second-order valence-electron chi connectivity index (χ2n) is 7.67. The molecule has 32 heavy (non-hydrogen) atoms. The number of carbonyl (C=O) groups excluding carboxylic acids is 2. The summed E-state index contributed by atoms with van der Waals surface area (Å²) in [5, 5.41) is 2.86. The number of hydrogen-bond acceptors (Lipinski definition) is 5. The molecule has 0 bridgehead atoms. The van der Waals surface area contributed by atoms with Crippen molar-refractivity contribution in [2.45, 2.75) is 45.7 Å². The number of fused-ring (bicyclic) bond motifs is 1. The van der Waals surface area contributed by atoms with Crippen LogP contribution in [0.15, 0.2) is 42.5 Å². The van der Waals surface area contributed by atoms with Gasteiger partial charge in [-0.15, -0.1) is 0 Å². The van der Waals surface area contributed by atoms with E-state index in [0.29, 0.717) is 51.3 Å². The average Bonchev–Trinajstić information content (AvgIpc) is 2.82. The van der Waals surface area contributed by atoms with E-state index in [2.05, 4.69) is 5.32 Å². The molecule has 2 aromatic carbocycles. The van der Waals surface area contributed by atoms with Crippen LogP contribution in [-0.4, -0.2) is 49.6 Å². The number of benzene rings is 2. The average molecular weight is 441 g/mol. The van der Waals surface area contributed by atoms with Crippen molar-refractivity contribution in [1.29, 1.82) is 0 Å². The van der Waals surface area contributed by atoms with Crippen molar-refractivity contribution in [1.82, 2.24) is 10.2 Å². The third-order valence-corrected chi connectivity index (χ3v) is 5.48. The second-order valence-corrected chi connectivity index (χ2v) is 7.67. The van der Waals surface area contributed by atoms with Crippen LogP contribution in [0.3, 0.4) is 0 Å². The normalized spacial score (nSPS) is 13.2. The van der Waals surface area contributed by atoms with Gasteiger partial charge in [0.2, 0.25) is 11.8 Å². The first kappa shape index (κ1) is 23.4. The SMILES string of the molecule is CCNC(=O)[C@@H](CC)N(Cc1ccc(OC)cc1)C(=O)CCc1ccc2c(c1)OCCO2. The van der Waals surface area contributed by atoms with Crippen molar-refractivity contribution in [3.63, 3.8) is 0 Å². The Morgan fingerprint density at radius 1 is 1.03 bits per heavy atom. The molecule has 0 fully saturated rings. The van der Waals surface area contributed by atoms with Gasteiger partial charge in [0.05, 0.1) is 7.11 Å². The lowest BCUT2D eigenvalue weighted by Crippen LogP contribution is -2.49. The van der Waals surface area contributed by atoms with Gasteiger partial charge in [-0.1, -0.05) is 25.1 Å². The van der Waals surface area contributed by atoms with Crippen molar-refractivity contribution >= 4 is 11.8 Å². The van der Waals surface area contributed by atoms with Crippen molar-refractivity contribution in [2.75, 3.05) is 26.9 Å². The molecule has 0 spiro atoms. The molecule has 0 aliphatic carbocycles. The van der Waals surface area contributed by atoms with Crippen LogP contribution in [0.4, 0.5) is 0 Å². The summed E-state index contributed by atoms with van der Waals surface area (Å²) < 4.78 is 16.4. The maximum absolute atomic E-state index is 13.3. The van der Waals surface area contributed by atoms with Crippen LogP contribution in [-0.2, 0) is 22.6 Å². The monoisotopic (exact) mass is 440 g/mol. The molecule has 7 nitrogen and oxygen atoms in total. The maximum Gasteiger partial charge on any atom is 0.242 e. The molecule has 0 aromatic heterocycles. The van der Waals surface area contributed by atoms with Gasteiger partial charge in [-0.2, -0.15) is 0 Å². The molecule has 0 radical (unpaired) electrons. The van der Waals surface area contributed by atoms with Crippen LogP contribution in [0.25, 0.3) is 0 Å². The Bertz CT molecular complexity index is 913. The van der Waals surface area contributed by atoms with Crippen LogP contribution >= 0.6 is 0 Å². The molecule has 3 rings (SSSR count). The molecule has 1 aliphatic heterocycles. The minimum atomic E-state index is -0.523. The van der Waals surface area contributed by atoms with E-state index in [1.165, 1.54) is 0 Å². The molecule has 1 heterocycles. The molecule has 1 aliphatic rings. The predicted molar refractivity (Wildman–Crippen MR) is 122 cm³/mol. The Balaban J connectivity index is 1.74. The summed E-state index contributed by atoms with van der Waals surface area (Å²) in [6, 6.07) is 12.8. The Hall–Kier alpha value is -3.22. The van der Waals surface area contributed by atoms with Crippen LogP contribution in [0.5, 0.6) is 17.2 Å². The highest BCUT2D eigenvalue weighted by Crippen LogP contribution is 2.31. The largest absolute Gasteiger partial charge is 0.497 e. The van der Waals surface area contributed by atoms with E-state index >= 15 is 0 Å². The fourth-order valence-electron chi connectivity index (χ4n) is 3.78. The quantitative estimate of drug-likeness (QED) is 0.613. The van der Waals surface area contributed by atoms with Crippen molar-refractivity contribution in [2.24, 2.45) is 0 Å². The highest BCUT2D eigenvalue weighted by Gasteiger charge is 2.28. The van der Waals surface area contributed by atoms with E-state index in [1.807, 2.05) is 56.3 Å². The van der Waals surface area contributed by atoms with E-state index < -0.39 is 6.04 Å². The van der Waals surface area contributed by atoms with Gasteiger partial charge >= 0.3 is 0 Å². The first-order chi connectivity index (χ1) is 15.5. The molecule has 1 N–H and O–H groups in total. The lowest BCUT2D eigenvalue weighted by atomic mass is 10.1. The van der Waals surface area contributed by atoms with Crippen molar-refractivity contribution in [3.05, 3.63) is 53.6 Å². The van der Waals surface area contributed by atoms with Gasteiger partial charge in [0, 0.05) is 19.5 Å². The third kappa shape index (κ3) is 5.93. The molecule has 0 saturated heterocycles. The van der Waals surface area contributed by atoms with E-state index in [4.69, 9.17) is 14.2 Å². The van der Waals surface area contributed by atoms with E-state index in [9.17, 15) is 9.59 Å². The van der Waals surface area contributed by atoms with Gasteiger partial charge in [-0.25, -0.2) is 0 Å². The minimum Gasteiger partial charge on any atom is -0.497 e. The lowest BCUT2D eigenvalue weighted by Gasteiger charge is -2.30. The number of aryl methyl sites for hydroxylation is 1. The molecule has 7 heteroatoms. The van der Waals surface area contributed by atoms with Crippen LogP contribution in [0, 0.1) is 0 Å².